The first-order valence-corrected chi connectivity index (χ1v) is 9.98. The van der Waals surface area contributed by atoms with E-state index < -0.39 is 6.09 Å². The fourth-order valence-electron chi connectivity index (χ4n) is 3.78. The van der Waals surface area contributed by atoms with Gasteiger partial charge in [-0.25, -0.2) is 9.18 Å². The Morgan fingerprint density at radius 1 is 1.10 bits per heavy atom. The Morgan fingerprint density at radius 2 is 1.83 bits per heavy atom. The van der Waals surface area contributed by atoms with Gasteiger partial charge in [-0.2, -0.15) is 0 Å². The highest BCUT2D eigenvalue weighted by Crippen LogP contribution is 2.40. The number of nitrogens with zero attached hydrogens (tertiary/aromatic N) is 1. The van der Waals surface area contributed by atoms with E-state index in [4.69, 9.17) is 9.47 Å². The van der Waals surface area contributed by atoms with Crippen molar-refractivity contribution in [2.24, 2.45) is 0 Å². The average Bonchev–Trinajstić information content (AvgIpc) is 3.14. The summed E-state index contributed by atoms with van der Waals surface area (Å²) in [5, 5.41) is 0. The van der Waals surface area contributed by atoms with E-state index in [0.717, 1.165) is 27.8 Å². The minimum absolute atomic E-state index is 0.221. The van der Waals surface area contributed by atoms with E-state index in [1.165, 1.54) is 17.0 Å². The van der Waals surface area contributed by atoms with E-state index in [1.54, 1.807) is 7.05 Å². The van der Waals surface area contributed by atoms with Gasteiger partial charge in [-0.05, 0) is 35.7 Å². The molecule has 0 saturated heterocycles. The Morgan fingerprint density at radius 3 is 2.60 bits per heavy atom. The van der Waals surface area contributed by atoms with Crippen LogP contribution < -0.4 is 4.74 Å². The summed E-state index contributed by atoms with van der Waals surface area (Å²) in [6.07, 6.45) is -0.120. The van der Waals surface area contributed by atoms with E-state index in [1.807, 2.05) is 61.5 Å². The Bertz CT molecular complexity index is 1050. The van der Waals surface area contributed by atoms with Crippen molar-refractivity contribution in [3.63, 3.8) is 0 Å². The molecule has 30 heavy (non-hydrogen) atoms. The predicted molar refractivity (Wildman–Crippen MR) is 114 cm³/mol. The SMILES string of the molecule is Cc1ccccc1-c1cc(F)cc2c1OC(CN(C)C(=O)OCc1ccccc1)C2. The van der Waals surface area contributed by atoms with Crippen molar-refractivity contribution >= 4 is 6.09 Å². The number of hydrogen-bond acceptors (Lipinski definition) is 3. The molecule has 0 saturated carbocycles. The quantitative estimate of drug-likeness (QED) is 0.573. The van der Waals surface area contributed by atoms with E-state index >= 15 is 0 Å². The third-order valence-electron chi connectivity index (χ3n) is 5.29. The first kappa shape index (κ1) is 20.0. The van der Waals surface area contributed by atoms with Crippen LogP contribution in [0.5, 0.6) is 5.75 Å². The van der Waals surface area contributed by atoms with Crippen LogP contribution in [0.4, 0.5) is 9.18 Å². The minimum Gasteiger partial charge on any atom is -0.487 e. The van der Waals surface area contributed by atoms with Gasteiger partial charge in [0.1, 0.15) is 24.3 Å². The molecule has 1 aliphatic heterocycles. The van der Waals surface area contributed by atoms with E-state index in [0.29, 0.717) is 18.7 Å². The number of hydrogen-bond donors (Lipinski definition) is 0. The topological polar surface area (TPSA) is 38.8 Å². The predicted octanol–water partition coefficient (Wildman–Crippen LogP) is 5.37. The van der Waals surface area contributed by atoms with Crippen molar-refractivity contribution < 1.29 is 18.7 Å². The smallest absolute Gasteiger partial charge is 0.409 e. The van der Waals surface area contributed by atoms with E-state index in [2.05, 4.69) is 0 Å². The summed E-state index contributed by atoms with van der Waals surface area (Å²) in [6, 6.07) is 20.4. The summed E-state index contributed by atoms with van der Waals surface area (Å²) in [5.74, 6) is 0.411. The van der Waals surface area contributed by atoms with Crippen LogP contribution in [0.1, 0.15) is 16.7 Å². The highest BCUT2D eigenvalue weighted by molar-refractivity contribution is 5.75. The Hall–Kier alpha value is -3.34. The number of halogens is 1. The molecule has 5 heteroatoms. The monoisotopic (exact) mass is 405 g/mol. The van der Waals surface area contributed by atoms with Crippen LogP contribution in [0, 0.1) is 12.7 Å². The van der Waals surface area contributed by atoms with Gasteiger partial charge in [-0.3, -0.25) is 0 Å². The molecular formula is C25H24FNO3. The minimum atomic E-state index is -0.413. The highest BCUT2D eigenvalue weighted by atomic mass is 19.1. The van der Waals surface area contributed by atoms with Gasteiger partial charge in [0.25, 0.3) is 0 Å². The maximum Gasteiger partial charge on any atom is 0.409 e. The van der Waals surface area contributed by atoms with Crippen molar-refractivity contribution in [3.8, 4) is 16.9 Å². The number of benzene rings is 3. The van der Waals surface area contributed by atoms with Gasteiger partial charge in [0.15, 0.2) is 0 Å². The maximum atomic E-state index is 14.3. The molecule has 3 aromatic rings. The van der Waals surface area contributed by atoms with Crippen LogP contribution in [-0.4, -0.2) is 30.7 Å². The van der Waals surface area contributed by atoms with E-state index in [9.17, 15) is 9.18 Å². The fraction of sp³-hybridized carbons (Fsp3) is 0.240. The number of fused-ring (bicyclic) bond motifs is 1. The Labute approximate surface area is 175 Å². The molecule has 1 atom stereocenters. The van der Waals surface area contributed by atoms with Crippen LogP contribution in [0.15, 0.2) is 66.7 Å². The number of carbonyl (C=O) groups excluding carboxylic acids is 1. The zero-order valence-corrected chi connectivity index (χ0v) is 17.1. The third kappa shape index (κ3) is 4.30. The fourth-order valence-corrected chi connectivity index (χ4v) is 3.78. The van der Waals surface area contributed by atoms with Crippen molar-refractivity contribution in [2.45, 2.75) is 26.1 Å². The Balaban J connectivity index is 1.44. The number of likely N-dealkylation sites (N-methyl/N-ethyl adjacent to an activating group) is 1. The van der Waals surface area contributed by atoms with Crippen LogP contribution >= 0.6 is 0 Å². The summed E-state index contributed by atoms with van der Waals surface area (Å²) in [4.78, 5) is 13.9. The van der Waals surface area contributed by atoms with Crippen molar-refractivity contribution in [1.82, 2.24) is 4.90 Å². The molecule has 0 N–H and O–H groups in total. The molecule has 3 aromatic carbocycles. The standard InChI is InChI=1S/C25H24FNO3/c1-17-8-6-7-11-22(17)23-14-20(26)12-19-13-21(30-24(19)23)15-27(2)25(28)29-16-18-9-4-3-5-10-18/h3-12,14,21H,13,15-16H2,1-2H3. The zero-order chi connectivity index (χ0) is 21.1. The Kier molecular flexibility index (Phi) is 5.70. The molecule has 4 rings (SSSR count). The molecule has 0 aromatic heterocycles. The van der Waals surface area contributed by atoms with Crippen LogP contribution in [0.2, 0.25) is 0 Å². The third-order valence-corrected chi connectivity index (χ3v) is 5.29. The summed E-state index contributed by atoms with van der Waals surface area (Å²) in [5.41, 5.74) is 4.51. The number of carbonyl (C=O) groups is 1. The van der Waals surface area contributed by atoms with Gasteiger partial charge in [0.05, 0.1) is 6.54 Å². The molecule has 0 bridgehead atoms. The summed E-state index contributed by atoms with van der Waals surface area (Å²) in [7, 11) is 1.68. The molecule has 0 radical (unpaired) electrons. The molecule has 1 unspecified atom stereocenters. The lowest BCUT2D eigenvalue weighted by molar-refractivity contribution is 0.0895. The van der Waals surface area contributed by atoms with Crippen molar-refractivity contribution in [1.29, 1.82) is 0 Å². The van der Waals surface area contributed by atoms with Crippen LogP contribution in [-0.2, 0) is 17.8 Å². The van der Waals surface area contributed by atoms with Gasteiger partial charge in [-0.15, -0.1) is 0 Å². The second kappa shape index (κ2) is 8.57. The molecule has 4 nitrogen and oxygen atoms in total. The van der Waals surface area contributed by atoms with E-state index in [-0.39, 0.29) is 18.5 Å². The normalized spacial score (nSPS) is 14.7. The number of rotatable bonds is 5. The first-order chi connectivity index (χ1) is 14.5. The van der Waals surface area contributed by atoms with Gasteiger partial charge >= 0.3 is 6.09 Å². The number of amides is 1. The second-order valence-corrected chi connectivity index (χ2v) is 7.62. The first-order valence-electron chi connectivity index (χ1n) is 9.98. The summed E-state index contributed by atoms with van der Waals surface area (Å²) in [6.45, 7) is 2.57. The molecule has 0 spiro atoms. The van der Waals surface area contributed by atoms with Crippen LogP contribution in [0.3, 0.4) is 0 Å². The van der Waals surface area contributed by atoms with Crippen molar-refractivity contribution in [2.75, 3.05) is 13.6 Å². The average molecular weight is 405 g/mol. The summed E-state index contributed by atoms with van der Waals surface area (Å²) >= 11 is 0. The van der Waals surface area contributed by atoms with Gasteiger partial charge in [0.2, 0.25) is 0 Å². The van der Waals surface area contributed by atoms with Gasteiger partial charge in [0, 0.05) is 24.6 Å². The molecule has 154 valence electrons. The van der Waals surface area contributed by atoms with Crippen molar-refractivity contribution in [3.05, 3.63) is 89.2 Å². The number of aryl methyl sites for hydroxylation is 1. The molecule has 1 heterocycles. The zero-order valence-electron chi connectivity index (χ0n) is 17.1. The second-order valence-electron chi connectivity index (χ2n) is 7.62. The maximum absolute atomic E-state index is 14.3. The largest absolute Gasteiger partial charge is 0.487 e. The highest BCUT2D eigenvalue weighted by Gasteiger charge is 2.29. The molecule has 1 aliphatic rings. The lowest BCUT2D eigenvalue weighted by atomic mass is 9.97. The summed E-state index contributed by atoms with van der Waals surface area (Å²) < 4.78 is 25.8. The lowest BCUT2D eigenvalue weighted by Gasteiger charge is -2.21. The molecule has 0 aliphatic carbocycles. The van der Waals surface area contributed by atoms with Gasteiger partial charge < -0.3 is 14.4 Å². The lowest BCUT2D eigenvalue weighted by Crippen LogP contribution is -2.36. The molecule has 0 fully saturated rings. The molecule has 1 amide bonds. The van der Waals surface area contributed by atoms with Crippen LogP contribution in [0.25, 0.3) is 11.1 Å². The molecular weight excluding hydrogens is 381 g/mol. The van der Waals surface area contributed by atoms with Gasteiger partial charge in [-0.1, -0.05) is 54.6 Å². The number of ether oxygens (including phenoxy) is 2.